The Bertz CT molecular complexity index is 1430. The van der Waals surface area contributed by atoms with Gasteiger partial charge in [-0.25, -0.2) is 14.5 Å². The molecule has 0 aromatic heterocycles. The number of hydrogen-bond donors (Lipinski definition) is 2. The van der Waals surface area contributed by atoms with E-state index >= 15 is 0 Å². The van der Waals surface area contributed by atoms with Gasteiger partial charge in [-0.3, -0.25) is 14.9 Å². The average Bonchev–Trinajstić information content (AvgIpc) is 2.87. The van der Waals surface area contributed by atoms with Gasteiger partial charge in [-0.05, 0) is 83.1 Å². The van der Waals surface area contributed by atoms with Crippen molar-refractivity contribution in [3.63, 3.8) is 0 Å². The molecular formula is C27H21IN2O7. The van der Waals surface area contributed by atoms with Crippen LogP contribution in [0.4, 0.5) is 10.5 Å². The van der Waals surface area contributed by atoms with Crippen molar-refractivity contribution in [3.8, 4) is 11.5 Å². The predicted octanol–water partition coefficient (Wildman–Crippen LogP) is 4.55. The molecule has 0 radical (unpaired) electrons. The van der Waals surface area contributed by atoms with Crippen LogP contribution >= 0.6 is 22.6 Å². The number of methoxy groups -OCH3 is 1. The highest BCUT2D eigenvalue weighted by Crippen LogP contribution is 2.35. The molecule has 4 amide bonds. The molecule has 3 aromatic carbocycles. The zero-order chi connectivity index (χ0) is 26.7. The fourth-order valence-corrected chi connectivity index (χ4v) is 4.40. The minimum Gasteiger partial charge on any atom is -0.493 e. The predicted molar refractivity (Wildman–Crippen MR) is 144 cm³/mol. The molecule has 1 aliphatic heterocycles. The molecule has 0 unspecified atom stereocenters. The molecule has 0 aliphatic carbocycles. The number of halogens is 1. The molecule has 188 valence electrons. The quantitative estimate of drug-likeness (QED) is 0.228. The highest BCUT2D eigenvalue weighted by atomic mass is 127. The Hall–Kier alpha value is -4.19. The smallest absolute Gasteiger partial charge is 0.335 e. The second kappa shape index (κ2) is 10.8. The lowest BCUT2D eigenvalue weighted by Gasteiger charge is -2.26. The van der Waals surface area contributed by atoms with Crippen LogP contribution < -0.4 is 19.7 Å². The molecule has 0 bridgehead atoms. The Morgan fingerprint density at radius 1 is 1.05 bits per heavy atom. The van der Waals surface area contributed by atoms with Crippen molar-refractivity contribution in [2.24, 2.45) is 0 Å². The van der Waals surface area contributed by atoms with Gasteiger partial charge in [-0.15, -0.1) is 0 Å². The summed E-state index contributed by atoms with van der Waals surface area (Å²) >= 11 is 2.05. The molecule has 10 heteroatoms. The summed E-state index contributed by atoms with van der Waals surface area (Å²) in [5.41, 5.74) is 2.54. The largest absolute Gasteiger partial charge is 0.493 e. The van der Waals surface area contributed by atoms with Crippen LogP contribution in [0.3, 0.4) is 0 Å². The first-order chi connectivity index (χ1) is 17.7. The third kappa shape index (κ3) is 5.64. The van der Waals surface area contributed by atoms with Gasteiger partial charge >= 0.3 is 12.0 Å². The van der Waals surface area contributed by atoms with E-state index in [-0.39, 0.29) is 17.7 Å². The number of rotatable bonds is 7. The number of benzene rings is 3. The van der Waals surface area contributed by atoms with Gasteiger partial charge in [-0.2, -0.15) is 0 Å². The van der Waals surface area contributed by atoms with E-state index in [0.717, 1.165) is 16.0 Å². The summed E-state index contributed by atoms with van der Waals surface area (Å²) in [6.45, 7) is 2.05. The Kier molecular flexibility index (Phi) is 7.58. The van der Waals surface area contributed by atoms with E-state index in [0.29, 0.717) is 26.3 Å². The van der Waals surface area contributed by atoms with E-state index in [1.807, 2.05) is 6.92 Å². The monoisotopic (exact) mass is 612 g/mol. The lowest BCUT2D eigenvalue weighted by Crippen LogP contribution is -2.54. The number of nitrogens with one attached hydrogen (secondary N) is 1. The number of imide groups is 2. The minimum absolute atomic E-state index is 0.168. The molecule has 0 spiro atoms. The highest BCUT2D eigenvalue weighted by Gasteiger charge is 2.36. The number of carboxylic acids is 1. The fraction of sp³-hybridized carbons (Fsp3) is 0.111. The maximum Gasteiger partial charge on any atom is 0.335 e. The molecule has 1 saturated heterocycles. The summed E-state index contributed by atoms with van der Waals surface area (Å²) in [5.74, 6) is -1.72. The molecule has 0 saturated carbocycles. The normalized spacial score (nSPS) is 14.5. The topological polar surface area (TPSA) is 122 Å². The summed E-state index contributed by atoms with van der Waals surface area (Å²) in [6, 6.07) is 15.6. The van der Waals surface area contributed by atoms with Crippen LogP contribution in [0.2, 0.25) is 0 Å². The molecule has 4 rings (SSSR count). The molecule has 9 nitrogen and oxygen atoms in total. The van der Waals surface area contributed by atoms with Crippen molar-refractivity contribution < 1.29 is 33.8 Å². The van der Waals surface area contributed by atoms with Crippen molar-refractivity contribution in [1.82, 2.24) is 5.32 Å². The highest BCUT2D eigenvalue weighted by molar-refractivity contribution is 14.1. The molecular weight excluding hydrogens is 591 g/mol. The summed E-state index contributed by atoms with van der Waals surface area (Å²) in [5, 5.41) is 11.3. The number of carbonyl (C=O) groups excluding carboxylic acids is 3. The van der Waals surface area contributed by atoms with E-state index in [4.69, 9.17) is 14.6 Å². The summed E-state index contributed by atoms with van der Waals surface area (Å²) in [7, 11) is 1.47. The lowest BCUT2D eigenvalue weighted by atomic mass is 10.1. The van der Waals surface area contributed by atoms with Crippen LogP contribution in [0, 0.1) is 10.5 Å². The van der Waals surface area contributed by atoms with Crippen LogP contribution in [0.1, 0.15) is 27.0 Å². The van der Waals surface area contributed by atoms with E-state index < -0.39 is 23.8 Å². The second-order valence-corrected chi connectivity index (χ2v) is 9.28. The Morgan fingerprint density at radius 2 is 1.73 bits per heavy atom. The number of nitrogens with zero attached hydrogens (tertiary/aromatic N) is 1. The number of aryl methyl sites for hydroxylation is 1. The third-order valence-corrected chi connectivity index (χ3v) is 6.34. The first-order valence-corrected chi connectivity index (χ1v) is 12.1. The van der Waals surface area contributed by atoms with Gasteiger partial charge in [0.2, 0.25) is 0 Å². The van der Waals surface area contributed by atoms with Crippen LogP contribution in [-0.2, 0) is 16.2 Å². The summed E-state index contributed by atoms with van der Waals surface area (Å²) in [4.78, 5) is 50.1. The van der Waals surface area contributed by atoms with Crippen molar-refractivity contribution in [2.45, 2.75) is 13.5 Å². The molecule has 1 fully saturated rings. The number of amides is 4. The van der Waals surface area contributed by atoms with E-state index in [2.05, 4.69) is 27.9 Å². The average molecular weight is 612 g/mol. The minimum atomic E-state index is -1.01. The zero-order valence-corrected chi connectivity index (χ0v) is 21.9. The number of barbiturate groups is 1. The molecule has 3 aromatic rings. The first-order valence-electron chi connectivity index (χ1n) is 11.0. The molecule has 0 atom stereocenters. The van der Waals surface area contributed by atoms with Gasteiger partial charge in [0.05, 0.1) is 21.9 Å². The molecule has 37 heavy (non-hydrogen) atoms. The van der Waals surface area contributed by atoms with Crippen molar-refractivity contribution >= 4 is 58.2 Å². The van der Waals surface area contributed by atoms with E-state index in [1.165, 1.54) is 25.3 Å². The van der Waals surface area contributed by atoms with Gasteiger partial charge < -0.3 is 14.6 Å². The standard InChI is InChI=1S/C27H21IN2O7/c1-15-3-9-19(10-4-15)30-25(32)20(24(31)29-27(30)35)11-17-12-21(28)23(22(13-17)36-2)37-14-16-5-7-18(8-6-16)26(33)34/h3-13H,14H2,1-2H3,(H,33,34)(H,29,31,35)/b20-11+. The van der Waals surface area contributed by atoms with Crippen molar-refractivity contribution in [2.75, 3.05) is 12.0 Å². The van der Waals surface area contributed by atoms with Crippen LogP contribution in [0.25, 0.3) is 6.08 Å². The van der Waals surface area contributed by atoms with Crippen LogP contribution in [0.5, 0.6) is 11.5 Å². The molecule has 1 heterocycles. The SMILES string of the molecule is COc1cc(/C=C2\C(=O)NC(=O)N(c3ccc(C)cc3)C2=O)cc(I)c1OCc1ccc(C(=O)O)cc1. The number of urea groups is 1. The van der Waals surface area contributed by atoms with Gasteiger partial charge in [0.1, 0.15) is 12.2 Å². The molecule has 2 N–H and O–H groups in total. The molecule has 1 aliphatic rings. The Morgan fingerprint density at radius 3 is 2.35 bits per heavy atom. The van der Waals surface area contributed by atoms with E-state index in [1.54, 1.807) is 48.5 Å². The maximum absolute atomic E-state index is 13.1. The number of carbonyl (C=O) groups is 4. The van der Waals surface area contributed by atoms with Crippen molar-refractivity contribution in [3.05, 3.63) is 92.1 Å². The lowest BCUT2D eigenvalue weighted by molar-refractivity contribution is -0.122. The second-order valence-electron chi connectivity index (χ2n) is 8.12. The first kappa shape index (κ1) is 25.9. The maximum atomic E-state index is 13.1. The number of aromatic carboxylic acids is 1. The Labute approximate surface area is 225 Å². The summed E-state index contributed by atoms with van der Waals surface area (Å²) < 4.78 is 12.1. The number of carboxylic acid groups (broad SMARTS) is 1. The summed E-state index contributed by atoms with van der Waals surface area (Å²) in [6.07, 6.45) is 1.39. The number of hydrogen-bond acceptors (Lipinski definition) is 6. The van der Waals surface area contributed by atoms with Crippen LogP contribution in [-0.4, -0.2) is 36.0 Å². The third-order valence-electron chi connectivity index (χ3n) is 5.54. The Balaban J connectivity index is 1.60. The van der Waals surface area contributed by atoms with Crippen molar-refractivity contribution in [1.29, 1.82) is 0 Å². The van der Waals surface area contributed by atoms with Gasteiger partial charge in [-0.1, -0.05) is 29.8 Å². The van der Waals surface area contributed by atoms with Crippen LogP contribution in [0.15, 0.2) is 66.2 Å². The number of ether oxygens (including phenoxy) is 2. The number of anilines is 1. The van der Waals surface area contributed by atoms with Gasteiger partial charge in [0, 0.05) is 0 Å². The van der Waals surface area contributed by atoms with Gasteiger partial charge in [0.15, 0.2) is 11.5 Å². The fourth-order valence-electron chi connectivity index (χ4n) is 3.61. The van der Waals surface area contributed by atoms with Gasteiger partial charge in [0.25, 0.3) is 11.8 Å². The van der Waals surface area contributed by atoms with E-state index in [9.17, 15) is 19.2 Å². The zero-order valence-electron chi connectivity index (χ0n) is 19.8.